The highest BCUT2D eigenvalue weighted by molar-refractivity contribution is 7.99. The fourth-order valence-corrected chi connectivity index (χ4v) is 5.94. The molecule has 0 spiro atoms. The van der Waals surface area contributed by atoms with Gasteiger partial charge in [-0.2, -0.15) is 0 Å². The first kappa shape index (κ1) is 19.1. The van der Waals surface area contributed by atoms with E-state index in [1.165, 1.54) is 51.3 Å². The van der Waals surface area contributed by atoms with Crippen LogP contribution in [-0.4, -0.2) is 12.4 Å². The molecule has 0 amide bonds. The van der Waals surface area contributed by atoms with E-state index in [1.54, 1.807) is 0 Å². The minimum absolute atomic E-state index is 0.0121. The Hall–Kier alpha value is -2.65. The van der Waals surface area contributed by atoms with Gasteiger partial charge in [0.2, 0.25) is 0 Å². The topological polar surface area (TPSA) is 18.5 Å². The molecule has 2 unspecified atom stereocenters. The Bertz CT molecular complexity index is 1120. The van der Waals surface area contributed by atoms with Gasteiger partial charge in [-0.15, -0.1) is 11.8 Å². The maximum absolute atomic E-state index is 6.40. The Balaban J connectivity index is 1.21. The van der Waals surface area contributed by atoms with Crippen LogP contribution in [0.25, 0.3) is 6.08 Å². The van der Waals surface area contributed by atoms with Crippen LogP contribution in [0.15, 0.2) is 71.6 Å². The van der Waals surface area contributed by atoms with Crippen molar-refractivity contribution in [2.75, 3.05) is 12.4 Å². The van der Waals surface area contributed by atoms with Gasteiger partial charge in [0, 0.05) is 16.4 Å². The van der Waals surface area contributed by atoms with E-state index in [4.69, 9.17) is 9.47 Å². The van der Waals surface area contributed by atoms with E-state index in [2.05, 4.69) is 72.8 Å². The number of rotatable bonds is 2. The summed E-state index contributed by atoms with van der Waals surface area (Å²) in [7, 11) is 0. The number of aryl methyl sites for hydroxylation is 2. The lowest BCUT2D eigenvalue weighted by Gasteiger charge is -2.25. The molecule has 0 N–H and O–H groups in total. The number of hydrogen-bond donors (Lipinski definition) is 0. The molecule has 3 heterocycles. The average Bonchev–Trinajstić information content (AvgIpc) is 3.06. The third kappa shape index (κ3) is 3.76. The minimum Gasteiger partial charge on any atom is -0.493 e. The van der Waals surface area contributed by atoms with Crippen molar-refractivity contribution in [1.82, 2.24) is 0 Å². The van der Waals surface area contributed by atoms with Gasteiger partial charge in [0.15, 0.2) is 0 Å². The van der Waals surface area contributed by atoms with Crippen LogP contribution in [0.3, 0.4) is 0 Å². The average molecular weight is 427 g/mol. The van der Waals surface area contributed by atoms with Gasteiger partial charge >= 0.3 is 0 Å². The van der Waals surface area contributed by atoms with E-state index in [0.717, 1.165) is 30.9 Å². The van der Waals surface area contributed by atoms with Gasteiger partial charge in [-0.1, -0.05) is 42.5 Å². The Labute approximate surface area is 188 Å². The van der Waals surface area contributed by atoms with Crippen LogP contribution in [0.1, 0.15) is 52.7 Å². The molecule has 0 aliphatic carbocycles. The summed E-state index contributed by atoms with van der Waals surface area (Å²) in [4.78, 5) is 1.43. The zero-order chi connectivity index (χ0) is 20.6. The van der Waals surface area contributed by atoms with E-state index in [9.17, 15) is 0 Å². The number of hydrogen-bond acceptors (Lipinski definition) is 3. The molecular weight excluding hydrogens is 400 g/mol. The smallest absolute Gasteiger partial charge is 0.142 e. The predicted octanol–water partition coefficient (Wildman–Crippen LogP) is 6.98. The molecule has 0 radical (unpaired) electrons. The van der Waals surface area contributed by atoms with Gasteiger partial charge in [-0.3, -0.25) is 0 Å². The van der Waals surface area contributed by atoms with Crippen LogP contribution in [0.2, 0.25) is 0 Å². The second kappa shape index (κ2) is 8.12. The molecule has 3 aromatic carbocycles. The zero-order valence-corrected chi connectivity index (χ0v) is 18.4. The Kier molecular flexibility index (Phi) is 5.00. The normalized spacial score (nSPS) is 21.7. The summed E-state index contributed by atoms with van der Waals surface area (Å²) in [6, 6.07) is 21.9. The summed E-state index contributed by atoms with van der Waals surface area (Å²) in [5, 5.41) is 0. The molecule has 6 rings (SSSR count). The quantitative estimate of drug-likeness (QED) is 0.440. The lowest BCUT2D eigenvalue weighted by atomic mass is 9.91. The number of thioether (sulfide) groups is 1. The lowest BCUT2D eigenvalue weighted by molar-refractivity contribution is 0.251. The van der Waals surface area contributed by atoms with Crippen LogP contribution in [0, 0.1) is 0 Å². The third-order valence-corrected chi connectivity index (χ3v) is 7.84. The largest absolute Gasteiger partial charge is 0.493 e. The van der Waals surface area contributed by atoms with Crippen molar-refractivity contribution in [1.29, 1.82) is 0 Å². The first-order chi connectivity index (χ1) is 15.3. The van der Waals surface area contributed by atoms with Gasteiger partial charge in [0.1, 0.15) is 17.6 Å². The van der Waals surface area contributed by atoms with Crippen molar-refractivity contribution < 1.29 is 9.47 Å². The van der Waals surface area contributed by atoms with Gasteiger partial charge < -0.3 is 9.47 Å². The summed E-state index contributed by atoms with van der Waals surface area (Å²) in [6.45, 7) is 0.732. The standard InChI is InChI=1S/C28H26O2S/c1-2-6-25-19(4-1)7-10-24(18-29-25)21-11-13-26-22(16-21)12-14-27(30-26)23-9-8-20-5-3-15-31-28(20)17-23/h1-2,4,6,8-9,11-14,16-17,24,27H,3,5,7,10,15,18H2. The van der Waals surface area contributed by atoms with Crippen molar-refractivity contribution in [2.45, 2.75) is 42.6 Å². The van der Waals surface area contributed by atoms with Crippen molar-refractivity contribution in [3.05, 3.63) is 94.6 Å². The van der Waals surface area contributed by atoms with E-state index in [1.807, 2.05) is 11.8 Å². The summed E-state index contributed by atoms with van der Waals surface area (Å²) < 4.78 is 12.5. The molecular formula is C28H26O2S. The molecule has 0 saturated heterocycles. The van der Waals surface area contributed by atoms with Crippen molar-refractivity contribution in [3.63, 3.8) is 0 Å². The molecule has 156 valence electrons. The molecule has 0 aromatic heterocycles. The first-order valence-corrected chi connectivity index (χ1v) is 12.3. The van der Waals surface area contributed by atoms with Crippen LogP contribution in [-0.2, 0) is 12.8 Å². The number of fused-ring (bicyclic) bond motifs is 3. The molecule has 0 fully saturated rings. The van der Waals surface area contributed by atoms with E-state index in [0.29, 0.717) is 5.92 Å². The second-order valence-electron chi connectivity index (χ2n) is 8.67. The number of ether oxygens (including phenoxy) is 2. The fraction of sp³-hybridized carbons (Fsp3) is 0.286. The van der Waals surface area contributed by atoms with Gasteiger partial charge in [-0.25, -0.2) is 0 Å². The monoisotopic (exact) mass is 426 g/mol. The van der Waals surface area contributed by atoms with E-state index in [-0.39, 0.29) is 6.10 Å². The molecule has 3 aliphatic heterocycles. The Morgan fingerprint density at radius 3 is 2.77 bits per heavy atom. The van der Waals surface area contributed by atoms with E-state index >= 15 is 0 Å². The van der Waals surface area contributed by atoms with Crippen LogP contribution >= 0.6 is 11.8 Å². The van der Waals surface area contributed by atoms with Gasteiger partial charge in [-0.05, 0) is 84.0 Å². The van der Waals surface area contributed by atoms with Crippen LogP contribution < -0.4 is 9.47 Å². The highest BCUT2D eigenvalue weighted by atomic mass is 32.2. The third-order valence-electron chi connectivity index (χ3n) is 6.65. The summed E-state index contributed by atoms with van der Waals surface area (Å²) in [5.41, 5.74) is 6.55. The second-order valence-corrected chi connectivity index (χ2v) is 9.81. The zero-order valence-electron chi connectivity index (χ0n) is 17.6. The van der Waals surface area contributed by atoms with Crippen molar-refractivity contribution in [2.24, 2.45) is 0 Å². The highest BCUT2D eigenvalue weighted by Crippen LogP contribution is 2.39. The molecule has 31 heavy (non-hydrogen) atoms. The Morgan fingerprint density at radius 1 is 0.839 bits per heavy atom. The predicted molar refractivity (Wildman–Crippen MR) is 127 cm³/mol. The summed E-state index contributed by atoms with van der Waals surface area (Å²) in [5.74, 6) is 3.64. The lowest BCUT2D eigenvalue weighted by Crippen LogP contribution is -2.12. The molecule has 0 saturated carbocycles. The molecule has 2 nitrogen and oxygen atoms in total. The number of benzene rings is 3. The molecule has 3 aromatic rings. The molecule has 2 atom stereocenters. The van der Waals surface area contributed by atoms with Crippen molar-refractivity contribution >= 4 is 17.8 Å². The molecule has 3 heteroatoms. The van der Waals surface area contributed by atoms with Gasteiger partial charge in [0.25, 0.3) is 0 Å². The number of para-hydroxylation sites is 1. The minimum atomic E-state index is -0.0121. The highest BCUT2D eigenvalue weighted by Gasteiger charge is 2.22. The summed E-state index contributed by atoms with van der Waals surface area (Å²) >= 11 is 1.98. The molecule has 3 aliphatic rings. The fourth-order valence-electron chi connectivity index (χ4n) is 4.86. The summed E-state index contributed by atoms with van der Waals surface area (Å²) in [6.07, 6.45) is 9.06. The SMILES string of the molecule is C1=CC(c2ccc3c(c2)SCCC3)Oc2ccc(C3CCc4ccccc4OC3)cc21. The Morgan fingerprint density at radius 2 is 1.77 bits per heavy atom. The van der Waals surface area contributed by atoms with Crippen LogP contribution in [0.4, 0.5) is 0 Å². The van der Waals surface area contributed by atoms with E-state index < -0.39 is 0 Å². The maximum atomic E-state index is 6.40. The molecule has 0 bridgehead atoms. The van der Waals surface area contributed by atoms with Crippen molar-refractivity contribution in [3.8, 4) is 11.5 Å². The maximum Gasteiger partial charge on any atom is 0.142 e. The van der Waals surface area contributed by atoms with Crippen LogP contribution in [0.5, 0.6) is 11.5 Å². The van der Waals surface area contributed by atoms with Gasteiger partial charge in [0.05, 0.1) is 6.61 Å². The first-order valence-electron chi connectivity index (χ1n) is 11.3.